The molecule has 2 aromatic rings. The van der Waals surface area contributed by atoms with Gasteiger partial charge < -0.3 is 10.4 Å². The molecule has 5 heteroatoms. The van der Waals surface area contributed by atoms with Crippen LogP contribution in [0.3, 0.4) is 0 Å². The van der Waals surface area contributed by atoms with E-state index < -0.39 is 0 Å². The number of hydrogen-bond donors (Lipinski definition) is 3. The molecule has 1 heterocycles. The lowest BCUT2D eigenvalue weighted by Gasteiger charge is -2.06. The van der Waals surface area contributed by atoms with Gasteiger partial charge in [0.2, 0.25) is 5.91 Å². The minimum absolute atomic E-state index is 0.0872. The van der Waals surface area contributed by atoms with E-state index in [2.05, 4.69) is 15.5 Å². The summed E-state index contributed by atoms with van der Waals surface area (Å²) in [6.07, 6.45) is 0.829. The highest BCUT2D eigenvalue weighted by atomic mass is 16.3. The number of aromatic hydroxyl groups is 1. The Balaban J connectivity index is 1.94. The largest absolute Gasteiger partial charge is 0.508 e. The van der Waals surface area contributed by atoms with E-state index in [9.17, 15) is 9.90 Å². The zero-order chi connectivity index (χ0) is 13.8. The van der Waals surface area contributed by atoms with Crippen LogP contribution in [0.5, 0.6) is 5.75 Å². The van der Waals surface area contributed by atoms with E-state index in [1.807, 2.05) is 26.0 Å². The maximum atomic E-state index is 11.9. The van der Waals surface area contributed by atoms with Gasteiger partial charge in [0.25, 0.3) is 0 Å². The molecule has 0 bridgehead atoms. The molecular formula is C14H17N3O2. The lowest BCUT2D eigenvalue weighted by Crippen LogP contribution is -2.13. The zero-order valence-corrected chi connectivity index (χ0v) is 11.0. The minimum atomic E-state index is -0.0872. The second-order valence-electron chi connectivity index (χ2n) is 4.49. The Labute approximate surface area is 111 Å². The van der Waals surface area contributed by atoms with Gasteiger partial charge in [-0.1, -0.05) is 18.2 Å². The number of nitrogens with zero attached hydrogens (tertiary/aromatic N) is 1. The third-order valence-electron chi connectivity index (χ3n) is 3.01. The maximum Gasteiger partial charge on any atom is 0.224 e. The molecule has 1 aromatic carbocycles. The normalized spacial score (nSPS) is 10.4. The fraction of sp³-hybridized carbons (Fsp3) is 0.286. The minimum Gasteiger partial charge on any atom is -0.508 e. The van der Waals surface area contributed by atoms with Gasteiger partial charge in [-0.25, -0.2) is 0 Å². The van der Waals surface area contributed by atoms with Crippen molar-refractivity contribution in [3.63, 3.8) is 0 Å². The summed E-state index contributed by atoms with van der Waals surface area (Å²) in [5.74, 6) is 0.141. The molecule has 0 fully saturated rings. The fourth-order valence-corrected chi connectivity index (χ4v) is 1.91. The van der Waals surface area contributed by atoms with Crippen LogP contribution in [0.25, 0.3) is 0 Å². The van der Waals surface area contributed by atoms with Crippen LogP contribution in [0.1, 0.15) is 23.4 Å². The van der Waals surface area contributed by atoms with Crippen LogP contribution in [-0.4, -0.2) is 21.2 Å². The van der Waals surface area contributed by atoms with Crippen LogP contribution >= 0.6 is 0 Å². The molecule has 0 radical (unpaired) electrons. The van der Waals surface area contributed by atoms with Gasteiger partial charge in [0.05, 0.1) is 17.1 Å². The number of carbonyl (C=O) groups is 1. The molecule has 100 valence electrons. The summed E-state index contributed by atoms with van der Waals surface area (Å²) < 4.78 is 0. The van der Waals surface area contributed by atoms with Crippen LogP contribution in [0.2, 0.25) is 0 Å². The number of hydrogen-bond acceptors (Lipinski definition) is 3. The molecule has 0 aliphatic heterocycles. The van der Waals surface area contributed by atoms with Crippen LogP contribution < -0.4 is 5.32 Å². The zero-order valence-electron chi connectivity index (χ0n) is 11.0. The van der Waals surface area contributed by atoms with E-state index in [4.69, 9.17) is 0 Å². The van der Waals surface area contributed by atoms with E-state index in [-0.39, 0.29) is 11.7 Å². The Bertz CT molecular complexity index is 571. The SMILES string of the molecule is Cc1n[nH]c(C)c1NC(=O)CCc1ccccc1O. The van der Waals surface area contributed by atoms with E-state index >= 15 is 0 Å². The molecule has 0 spiro atoms. The van der Waals surface area contributed by atoms with Gasteiger partial charge in [-0.2, -0.15) is 5.10 Å². The van der Waals surface area contributed by atoms with Crippen molar-refractivity contribution >= 4 is 11.6 Å². The van der Waals surface area contributed by atoms with Gasteiger partial charge in [-0.3, -0.25) is 9.89 Å². The maximum absolute atomic E-state index is 11.9. The monoisotopic (exact) mass is 259 g/mol. The number of benzene rings is 1. The number of phenols is 1. The highest BCUT2D eigenvalue weighted by Crippen LogP contribution is 2.19. The van der Waals surface area contributed by atoms with E-state index in [1.54, 1.807) is 12.1 Å². The first-order valence-corrected chi connectivity index (χ1v) is 6.16. The molecule has 0 aliphatic rings. The highest BCUT2D eigenvalue weighted by Gasteiger charge is 2.10. The number of anilines is 1. The summed E-state index contributed by atoms with van der Waals surface area (Å²) in [7, 11) is 0. The van der Waals surface area contributed by atoms with Crippen molar-refractivity contribution in [1.29, 1.82) is 0 Å². The van der Waals surface area contributed by atoms with Gasteiger partial charge in [-0.05, 0) is 31.9 Å². The Kier molecular flexibility index (Phi) is 3.85. The van der Waals surface area contributed by atoms with Gasteiger partial charge in [-0.15, -0.1) is 0 Å². The van der Waals surface area contributed by atoms with Crippen molar-refractivity contribution in [2.75, 3.05) is 5.32 Å². The van der Waals surface area contributed by atoms with Crippen molar-refractivity contribution in [2.24, 2.45) is 0 Å². The number of aromatic amines is 1. The predicted octanol–water partition coefficient (Wildman–Crippen LogP) is 2.30. The highest BCUT2D eigenvalue weighted by molar-refractivity contribution is 5.92. The quantitative estimate of drug-likeness (QED) is 0.788. The number of H-pyrrole nitrogens is 1. The number of para-hydroxylation sites is 1. The summed E-state index contributed by atoms with van der Waals surface area (Å²) in [4.78, 5) is 11.9. The van der Waals surface area contributed by atoms with Crippen molar-refractivity contribution in [1.82, 2.24) is 10.2 Å². The van der Waals surface area contributed by atoms with Crippen molar-refractivity contribution in [2.45, 2.75) is 26.7 Å². The summed E-state index contributed by atoms with van der Waals surface area (Å²) in [6.45, 7) is 3.70. The molecule has 0 aliphatic carbocycles. The number of nitrogens with one attached hydrogen (secondary N) is 2. The first-order chi connectivity index (χ1) is 9.08. The van der Waals surface area contributed by atoms with E-state index in [0.29, 0.717) is 12.8 Å². The second-order valence-corrected chi connectivity index (χ2v) is 4.49. The summed E-state index contributed by atoms with van der Waals surface area (Å²) in [6, 6.07) is 7.04. The smallest absolute Gasteiger partial charge is 0.224 e. The third-order valence-corrected chi connectivity index (χ3v) is 3.01. The third kappa shape index (κ3) is 3.13. The summed E-state index contributed by atoms with van der Waals surface area (Å²) >= 11 is 0. The Morgan fingerprint density at radius 1 is 1.37 bits per heavy atom. The van der Waals surface area contributed by atoms with Crippen LogP contribution in [-0.2, 0) is 11.2 Å². The lowest BCUT2D eigenvalue weighted by atomic mass is 10.1. The molecule has 0 unspecified atom stereocenters. The van der Waals surface area contributed by atoms with E-state index in [1.165, 1.54) is 0 Å². The average Bonchev–Trinajstić information content (AvgIpc) is 2.70. The topological polar surface area (TPSA) is 78.0 Å². The number of rotatable bonds is 4. The Hall–Kier alpha value is -2.30. The second kappa shape index (κ2) is 5.56. The molecule has 0 saturated heterocycles. The number of aryl methyl sites for hydroxylation is 3. The summed E-state index contributed by atoms with van der Waals surface area (Å²) in [5.41, 5.74) is 3.13. The van der Waals surface area contributed by atoms with Crippen molar-refractivity contribution in [3.8, 4) is 5.75 Å². The number of amides is 1. The molecule has 1 amide bonds. The first kappa shape index (κ1) is 13.1. The average molecular weight is 259 g/mol. The predicted molar refractivity (Wildman–Crippen MR) is 73.1 cm³/mol. The molecule has 0 saturated carbocycles. The first-order valence-electron chi connectivity index (χ1n) is 6.16. The van der Waals surface area contributed by atoms with Crippen molar-refractivity contribution in [3.05, 3.63) is 41.2 Å². The van der Waals surface area contributed by atoms with Gasteiger partial charge in [0, 0.05) is 6.42 Å². The molecule has 2 rings (SSSR count). The van der Waals surface area contributed by atoms with Crippen LogP contribution in [0, 0.1) is 13.8 Å². The van der Waals surface area contributed by atoms with Gasteiger partial charge in [0.15, 0.2) is 0 Å². The lowest BCUT2D eigenvalue weighted by molar-refractivity contribution is -0.116. The van der Waals surface area contributed by atoms with Crippen LogP contribution in [0.15, 0.2) is 24.3 Å². The molecule has 19 heavy (non-hydrogen) atoms. The van der Waals surface area contributed by atoms with Crippen LogP contribution in [0.4, 0.5) is 5.69 Å². The molecule has 1 aromatic heterocycles. The van der Waals surface area contributed by atoms with Crippen molar-refractivity contribution < 1.29 is 9.90 Å². The molecule has 3 N–H and O–H groups in total. The van der Waals surface area contributed by atoms with E-state index in [0.717, 1.165) is 22.6 Å². The molecule has 5 nitrogen and oxygen atoms in total. The fourth-order valence-electron chi connectivity index (χ4n) is 1.91. The Morgan fingerprint density at radius 3 is 2.74 bits per heavy atom. The molecule has 0 atom stereocenters. The van der Waals surface area contributed by atoms with Gasteiger partial charge in [0.1, 0.15) is 5.75 Å². The standard InChI is InChI=1S/C14H17N3O2/c1-9-14(10(2)17-16-9)15-13(19)8-7-11-5-3-4-6-12(11)18/h3-6,18H,7-8H2,1-2H3,(H,15,19)(H,16,17). The van der Waals surface area contributed by atoms with Gasteiger partial charge >= 0.3 is 0 Å². The Morgan fingerprint density at radius 2 is 2.11 bits per heavy atom. The number of carbonyl (C=O) groups excluding carboxylic acids is 1. The molecular weight excluding hydrogens is 242 g/mol. The number of aromatic nitrogens is 2. The number of phenolic OH excluding ortho intramolecular Hbond substituents is 1. The summed E-state index contributed by atoms with van der Waals surface area (Å²) in [5, 5.41) is 19.3.